The van der Waals surface area contributed by atoms with Gasteiger partial charge in [-0.05, 0) is 64.5 Å². The molecule has 126 valence electrons. The number of carbonyl (C=O) groups excluding carboxylic acids is 1. The van der Waals surface area contributed by atoms with Crippen molar-refractivity contribution in [3.8, 4) is 0 Å². The van der Waals surface area contributed by atoms with E-state index in [0.717, 1.165) is 33.5 Å². The molecule has 1 fully saturated rings. The standard InChI is InChI=1S/C19H22IN3O/c1-11-6-7-12(18(2,3)4)14-15(11)23(17(24)19(14)8-9-19)16-13(20)10-21-22(16)5/h6-7,10H,8-9H2,1-5H3. The molecule has 1 aromatic carbocycles. The smallest absolute Gasteiger partial charge is 0.243 e. The van der Waals surface area contributed by atoms with Crippen molar-refractivity contribution in [3.05, 3.63) is 38.6 Å². The van der Waals surface area contributed by atoms with Gasteiger partial charge in [-0.2, -0.15) is 5.10 Å². The third-order valence-corrected chi connectivity index (χ3v) is 6.09. The first-order valence-electron chi connectivity index (χ1n) is 8.35. The Hall–Kier alpha value is -1.37. The number of hydrogen-bond donors (Lipinski definition) is 0. The van der Waals surface area contributed by atoms with E-state index in [-0.39, 0.29) is 16.7 Å². The van der Waals surface area contributed by atoms with E-state index < -0.39 is 0 Å². The summed E-state index contributed by atoms with van der Waals surface area (Å²) in [4.78, 5) is 15.4. The van der Waals surface area contributed by atoms with Gasteiger partial charge >= 0.3 is 0 Å². The van der Waals surface area contributed by atoms with Crippen LogP contribution in [0.1, 0.15) is 50.3 Å². The number of benzene rings is 1. The van der Waals surface area contributed by atoms with Crippen molar-refractivity contribution in [1.82, 2.24) is 9.78 Å². The number of rotatable bonds is 1. The fraction of sp³-hybridized carbons (Fsp3) is 0.474. The van der Waals surface area contributed by atoms with Crippen LogP contribution >= 0.6 is 22.6 Å². The van der Waals surface area contributed by atoms with Crippen LogP contribution in [-0.4, -0.2) is 15.7 Å². The summed E-state index contributed by atoms with van der Waals surface area (Å²) in [7, 11) is 1.91. The molecule has 0 bridgehead atoms. The van der Waals surface area contributed by atoms with Crippen molar-refractivity contribution in [2.75, 3.05) is 4.90 Å². The molecular formula is C19H22IN3O. The molecule has 1 spiro atoms. The monoisotopic (exact) mass is 435 g/mol. The fourth-order valence-electron chi connectivity index (χ4n) is 3.96. The summed E-state index contributed by atoms with van der Waals surface area (Å²) >= 11 is 2.27. The SMILES string of the molecule is Cc1ccc(C(C)(C)C)c2c1N(c1c(I)cnn1C)C(=O)C21CC1. The van der Waals surface area contributed by atoms with Crippen molar-refractivity contribution in [2.45, 2.75) is 51.4 Å². The summed E-state index contributed by atoms with van der Waals surface area (Å²) in [6.45, 7) is 8.80. The van der Waals surface area contributed by atoms with Crippen LogP contribution in [0.2, 0.25) is 0 Å². The van der Waals surface area contributed by atoms with Crippen LogP contribution in [-0.2, 0) is 22.7 Å². The average molecular weight is 435 g/mol. The molecule has 1 amide bonds. The highest BCUT2D eigenvalue weighted by Gasteiger charge is 2.62. The van der Waals surface area contributed by atoms with Gasteiger partial charge in [0.2, 0.25) is 5.91 Å². The van der Waals surface area contributed by atoms with Crippen LogP contribution in [0.5, 0.6) is 0 Å². The number of fused-ring (bicyclic) bond motifs is 2. The van der Waals surface area contributed by atoms with Crippen LogP contribution in [0.4, 0.5) is 11.5 Å². The molecule has 5 heteroatoms. The van der Waals surface area contributed by atoms with Gasteiger partial charge in [0.25, 0.3) is 0 Å². The van der Waals surface area contributed by atoms with Crippen molar-refractivity contribution in [1.29, 1.82) is 0 Å². The van der Waals surface area contributed by atoms with Crippen LogP contribution in [0.25, 0.3) is 0 Å². The highest BCUT2D eigenvalue weighted by molar-refractivity contribution is 14.1. The van der Waals surface area contributed by atoms with Gasteiger partial charge in [-0.25, -0.2) is 0 Å². The molecule has 2 aliphatic rings. The molecule has 0 unspecified atom stereocenters. The molecule has 1 saturated carbocycles. The summed E-state index contributed by atoms with van der Waals surface area (Å²) < 4.78 is 2.82. The van der Waals surface area contributed by atoms with E-state index in [1.54, 1.807) is 0 Å². The van der Waals surface area contributed by atoms with Gasteiger partial charge in [0.1, 0.15) is 0 Å². The zero-order chi connectivity index (χ0) is 17.4. The van der Waals surface area contributed by atoms with Crippen molar-refractivity contribution >= 4 is 40.0 Å². The second kappa shape index (κ2) is 4.84. The number of aryl methyl sites for hydroxylation is 2. The van der Waals surface area contributed by atoms with Crippen LogP contribution in [0.3, 0.4) is 0 Å². The number of halogens is 1. The Morgan fingerprint density at radius 1 is 1.25 bits per heavy atom. The molecule has 0 saturated heterocycles. The second-order valence-electron chi connectivity index (χ2n) is 8.07. The van der Waals surface area contributed by atoms with E-state index in [1.165, 1.54) is 11.1 Å². The molecule has 0 radical (unpaired) electrons. The quantitative estimate of drug-likeness (QED) is 0.626. The first-order valence-corrected chi connectivity index (χ1v) is 9.43. The van der Waals surface area contributed by atoms with Crippen LogP contribution in [0.15, 0.2) is 18.3 Å². The minimum absolute atomic E-state index is 0.0171. The molecule has 2 heterocycles. The highest BCUT2D eigenvalue weighted by atomic mass is 127. The predicted octanol–water partition coefficient (Wildman–Crippen LogP) is 4.34. The lowest BCUT2D eigenvalue weighted by atomic mass is 9.78. The van der Waals surface area contributed by atoms with E-state index in [2.05, 4.69) is 67.5 Å². The Morgan fingerprint density at radius 2 is 1.92 bits per heavy atom. The van der Waals surface area contributed by atoms with E-state index in [9.17, 15) is 4.79 Å². The molecule has 24 heavy (non-hydrogen) atoms. The van der Waals surface area contributed by atoms with Gasteiger partial charge in [0.15, 0.2) is 5.82 Å². The lowest BCUT2D eigenvalue weighted by Gasteiger charge is -2.26. The number of carbonyl (C=O) groups is 1. The Balaban J connectivity index is 2.06. The highest BCUT2D eigenvalue weighted by Crippen LogP contribution is 2.62. The summed E-state index contributed by atoms with van der Waals surface area (Å²) in [6, 6.07) is 4.38. The van der Waals surface area contributed by atoms with E-state index >= 15 is 0 Å². The van der Waals surface area contributed by atoms with Gasteiger partial charge in [-0.1, -0.05) is 32.9 Å². The number of aromatic nitrogens is 2. The molecule has 0 N–H and O–H groups in total. The van der Waals surface area contributed by atoms with Gasteiger partial charge in [-0.15, -0.1) is 0 Å². The molecular weight excluding hydrogens is 413 g/mol. The minimum atomic E-state index is -0.308. The summed E-state index contributed by atoms with van der Waals surface area (Å²) in [5.41, 5.74) is 4.52. The number of hydrogen-bond acceptors (Lipinski definition) is 2. The molecule has 1 aromatic heterocycles. The number of anilines is 2. The maximum atomic E-state index is 13.5. The van der Waals surface area contributed by atoms with Crippen molar-refractivity contribution in [2.24, 2.45) is 7.05 Å². The van der Waals surface area contributed by atoms with E-state index in [1.807, 2.05) is 22.8 Å². The molecule has 4 nitrogen and oxygen atoms in total. The fourth-order valence-corrected chi connectivity index (χ4v) is 4.68. The first kappa shape index (κ1) is 16.1. The van der Waals surface area contributed by atoms with Crippen molar-refractivity contribution < 1.29 is 4.79 Å². The first-order chi connectivity index (χ1) is 11.2. The molecule has 2 aromatic rings. The van der Waals surface area contributed by atoms with E-state index in [4.69, 9.17) is 0 Å². The van der Waals surface area contributed by atoms with Crippen molar-refractivity contribution in [3.63, 3.8) is 0 Å². The average Bonchev–Trinajstić information content (AvgIpc) is 3.18. The predicted molar refractivity (Wildman–Crippen MR) is 104 cm³/mol. The number of amides is 1. The minimum Gasteiger partial charge on any atom is -0.273 e. The van der Waals surface area contributed by atoms with Gasteiger partial charge in [0.05, 0.1) is 20.9 Å². The van der Waals surface area contributed by atoms with Gasteiger partial charge in [0, 0.05) is 7.05 Å². The van der Waals surface area contributed by atoms with Gasteiger partial charge in [-0.3, -0.25) is 14.4 Å². The Kier molecular flexibility index (Phi) is 3.25. The van der Waals surface area contributed by atoms with Crippen LogP contribution < -0.4 is 4.90 Å². The van der Waals surface area contributed by atoms with Crippen LogP contribution in [0, 0.1) is 10.5 Å². The molecule has 0 atom stereocenters. The maximum absolute atomic E-state index is 13.5. The summed E-state index contributed by atoms with van der Waals surface area (Å²) in [5.74, 6) is 1.11. The second-order valence-corrected chi connectivity index (χ2v) is 9.23. The summed E-state index contributed by atoms with van der Waals surface area (Å²) in [6.07, 6.45) is 3.73. The number of nitrogens with zero attached hydrogens (tertiary/aromatic N) is 3. The Bertz CT molecular complexity index is 852. The van der Waals surface area contributed by atoms with Gasteiger partial charge < -0.3 is 0 Å². The normalized spacial score (nSPS) is 18.4. The zero-order valence-corrected chi connectivity index (χ0v) is 16.9. The summed E-state index contributed by atoms with van der Waals surface area (Å²) in [5, 5.41) is 4.35. The third-order valence-electron chi connectivity index (χ3n) is 5.33. The topological polar surface area (TPSA) is 38.1 Å². The zero-order valence-electron chi connectivity index (χ0n) is 14.8. The third kappa shape index (κ3) is 1.96. The molecule has 4 rings (SSSR count). The maximum Gasteiger partial charge on any atom is 0.243 e. The lowest BCUT2D eigenvalue weighted by molar-refractivity contribution is -0.119. The Labute approximate surface area is 156 Å². The molecule has 1 aliphatic heterocycles. The lowest BCUT2D eigenvalue weighted by Crippen LogP contribution is -2.30. The molecule has 1 aliphatic carbocycles. The largest absolute Gasteiger partial charge is 0.273 e. The van der Waals surface area contributed by atoms with E-state index in [0.29, 0.717) is 0 Å². The Morgan fingerprint density at radius 3 is 2.42 bits per heavy atom.